The summed E-state index contributed by atoms with van der Waals surface area (Å²) >= 11 is 5.89. The number of alkyl halides is 2. The summed E-state index contributed by atoms with van der Waals surface area (Å²) in [4.78, 5) is 11.2. The Labute approximate surface area is 170 Å². The van der Waals surface area contributed by atoms with Gasteiger partial charge in [-0.05, 0) is 29.7 Å². The van der Waals surface area contributed by atoms with Crippen molar-refractivity contribution in [2.24, 2.45) is 5.41 Å². The monoisotopic (exact) mass is 426 g/mol. The lowest BCUT2D eigenvalue weighted by Gasteiger charge is -2.31. The van der Waals surface area contributed by atoms with Crippen molar-refractivity contribution in [2.45, 2.75) is 33.2 Å². The van der Waals surface area contributed by atoms with Gasteiger partial charge in [-0.3, -0.25) is 0 Å². The van der Waals surface area contributed by atoms with E-state index in [2.05, 4.69) is 5.32 Å². The number of nitriles is 1. The molecule has 0 aliphatic heterocycles. The van der Waals surface area contributed by atoms with E-state index < -0.39 is 41.1 Å². The van der Waals surface area contributed by atoms with Crippen LogP contribution >= 0.6 is 11.6 Å². The average Bonchev–Trinajstić information content (AvgIpc) is 2.59. The number of nitrogens with one attached hydrogen (secondary N) is 1. The Balaban J connectivity index is 2.64. The van der Waals surface area contributed by atoms with Crippen LogP contribution in [0.5, 0.6) is 11.5 Å². The molecule has 0 spiro atoms. The number of halogens is 4. The minimum Gasteiger partial charge on any atom is -0.465 e. The molecule has 1 amide bonds. The third-order valence-corrected chi connectivity index (χ3v) is 4.28. The van der Waals surface area contributed by atoms with Crippen LogP contribution in [0.1, 0.15) is 49.9 Å². The fourth-order valence-corrected chi connectivity index (χ4v) is 3.00. The van der Waals surface area contributed by atoms with E-state index in [1.165, 1.54) is 18.2 Å². The Morgan fingerprint density at radius 2 is 1.86 bits per heavy atom. The van der Waals surface area contributed by atoms with Gasteiger partial charge in [0, 0.05) is 10.6 Å². The molecule has 2 rings (SSSR count). The van der Waals surface area contributed by atoms with Crippen LogP contribution < -0.4 is 10.1 Å². The number of rotatable bonds is 5. The molecular weight excluding hydrogens is 409 g/mol. The highest BCUT2D eigenvalue weighted by Gasteiger charge is 2.33. The lowest BCUT2D eigenvalue weighted by atomic mass is 9.82. The number of hydrogen-bond donors (Lipinski definition) is 2. The van der Waals surface area contributed by atoms with Gasteiger partial charge in [0.05, 0.1) is 23.2 Å². The molecule has 2 aromatic carbocycles. The quantitative estimate of drug-likeness (QED) is 0.576. The first-order chi connectivity index (χ1) is 13.4. The Morgan fingerprint density at radius 3 is 2.38 bits per heavy atom. The summed E-state index contributed by atoms with van der Waals surface area (Å²) in [5, 5.41) is 20.4. The van der Waals surface area contributed by atoms with Gasteiger partial charge < -0.3 is 15.2 Å². The van der Waals surface area contributed by atoms with E-state index in [1.807, 2.05) is 6.07 Å². The molecule has 0 saturated carbocycles. The van der Waals surface area contributed by atoms with Crippen molar-refractivity contribution >= 4 is 17.7 Å². The number of nitrogens with zero attached hydrogens (tertiary/aromatic N) is 1. The maximum Gasteiger partial charge on any atom is 0.405 e. The third kappa shape index (κ3) is 5.33. The first-order valence-electron chi connectivity index (χ1n) is 8.42. The van der Waals surface area contributed by atoms with Crippen LogP contribution in [-0.2, 0) is 0 Å². The average molecular weight is 427 g/mol. The van der Waals surface area contributed by atoms with Crippen LogP contribution in [0, 0.1) is 22.6 Å². The molecule has 29 heavy (non-hydrogen) atoms. The largest absolute Gasteiger partial charge is 0.465 e. The van der Waals surface area contributed by atoms with E-state index in [0.29, 0.717) is 0 Å². The molecule has 2 N–H and O–H groups in total. The molecule has 0 bridgehead atoms. The van der Waals surface area contributed by atoms with Gasteiger partial charge in [-0.25, -0.2) is 18.0 Å². The predicted molar refractivity (Wildman–Crippen MR) is 101 cm³/mol. The van der Waals surface area contributed by atoms with Gasteiger partial charge in [-0.15, -0.1) is 0 Å². The van der Waals surface area contributed by atoms with Crippen molar-refractivity contribution in [2.75, 3.05) is 0 Å². The zero-order chi connectivity index (χ0) is 21.9. The molecule has 0 fully saturated rings. The van der Waals surface area contributed by atoms with E-state index in [9.17, 15) is 13.6 Å². The van der Waals surface area contributed by atoms with E-state index in [0.717, 1.165) is 12.1 Å². The highest BCUT2D eigenvalue weighted by Crippen LogP contribution is 2.42. The number of carboxylic acid groups (broad SMARTS) is 1. The molecule has 1 atom stereocenters. The molecule has 5 nitrogen and oxygen atoms in total. The number of ether oxygens (including phenoxy) is 1. The van der Waals surface area contributed by atoms with Crippen LogP contribution in [0.15, 0.2) is 30.3 Å². The molecular formula is C20H18ClF3N2O3. The number of hydrogen-bond acceptors (Lipinski definition) is 3. The third-order valence-electron chi connectivity index (χ3n) is 4.06. The lowest BCUT2D eigenvalue weighted by molar-refractivity contribution is 0.146. The van der Waals surface area contributed by atoms with Crippen LogP contribution in [0.4, 0.5) is 18.0 Å². The molecule has 0 saturated heterocycles. The first-order valence-corrected chi connectivity index (χ1v) is 8.80. The second-order valence-electron chi connectivity index (χ2n) is 7.33. The molecule has 9 heteroatoms. The predicted octanol–water partition coefficient (Wildman–Crippen LogP) is 6.44. The summed E-state index contributed by atoms with van der Waals surface area (Å²) in [7, 11) is 0. The first kappa shape index (κ1) is 22.4. The Kier molecular flexibility index (Phi) is 6.65. The van der Waals surface area contributed by atoms with Gasteiger partial charge in [0.1, 0.15) is 5.75 Å². The van der Waals surface area contributed by atoms with Crippen LogP contribution in [0.2, 0.25) is 5.02 Å². The standard InChI is InChI=1S/C20H18ClF3N2O3/c1-20(2,3)17(26-19(27)28)13-4-5-14(18(23)24)16(15(13)22)29-12-7-10(9-25)6-11(21)8-12/h4-8,17-18,26H,1-3H3,(H,27,28). The van der Waals surface area contributed by atoms with Gasteiger partial charge in [0.25, 0.3) is 6.43 Å². The van der Waals surface area contributed by atoms with Gasteiger partial charge in [0.2, 0.25) is 0 Å². The molecule has 0 radical (unpaired) electrons. The van der Waals surface area contributed by atoms with Crippen LogP contribution in [0.3, 0.4) is 0 Å². The number of amides is 1. The summed E-state index contributed by atoms with van der Waals surface area (Å²) in [6, 6.07) is 6.70. The topological polar surface area (TPSA) is 82.3 Å². The SMILES string of the molecule is CC(C)(C)C(NC(=O)O)c1ccc(C(F)F)c(Oc2cc(Cl)cc(C#N)c2)c1F. The van der Waals surface area contributed by atoms with E-state index in [4.69, 9.17) is 26.7 Å². The highest BCUT2D eigenvalue weighted by molar-refractivity contribution is 6.30. The summed E-state index contributed by atoms with van der Waals surface area (Å²) in [6.45, 7) is 5.01. The molecule has 0 aliphatic carbocycles. The Hall–Kier alpha value is -2.92. The normalized spacial score (nSPS) is 12.4. The van der Waals surface area contributed by atoms with Crippen molar-refractivity contribution < 1.29 is 27.8 Å². The fraction of sp³-hybridized carbons (Fsp3) is 0.300. The van der Waals surface area contributed by atoms with Crippen molar-refractivity contribution in [3.63, 3.8) is 0 Å². The second-order valence-corrected chi connectivity index (χ2v) is 7.76. The van der Waals surface area contributed by atoms with E-state index in [-0.39, 0.29) is 21.9 Å². The maximum absolute atomic E-state index is 15.3. The molecule has 2 aromatic rings. The smallest absolute Gasteiger partial charge is 0.405 e. The molecule has 0 aliphatic rings. The summed E-state index contributed by atoms with van der Waals surface area (Å²) < 4.78 is 47.6. The van der Waals surface area contributed by atoms with Crippen molar-refractivity contribution in [3.05, 3.63) is 57.9 Å². The summed E-state index contributed by atoms with van der Waals surface area (Å²) in [5.74, 6) is -1.99. The van der Waals surface area contributed by atoms with Crippen LogP contribution in [-0.4, -0.2) is 11.2 Å². The zero-order valence-electron chi connectivity index (χ0n) is 15.8. The Morgan fingerprint density at radius 1 is 1.24 bits per heavy atom. The zero-order valence-corrected chi connectivity index (χ0v) is 16.5. The van der Waals surface area contributed by atoms with Gasteiger partial charge in [-0.1, -0.05) is 38.4 Å². The van der Waals surface area contributed by atoms with Gasteiger partial charge in [-0.2, -0.15) is 5.26 Å². The minimum atomic E-state index is -3.05. The second kappa shape index (κ2) is 8.62. The number of benzene rings is 2. The lowest BCUT2D eigenvalue weighted by Crippen LogP contribution is -2.36. The van der Waals surface area contributed by atoms with E-state index >= 15 is 4.39 Å². The van der Waals surface area contributed by atoms with Crippen molar-refractivity contribution in [1.29, 1.82) is 5.26 Å². The van der Waals surface area contributed by atoms with E-state index in [1.54, 1.807) is 20.8 Å². The van der Waals surface area contributed by atoms with Crippen molar-refractivity contribution in [3.8, 4) is 17.6 Å². The molecule has 1 unspecified atom stereocenters. The molecule has 154 valence electrons. The minimum absolute atomic E-state index is 0.0998. The van der Waals surface area contributed by atoms with Crippen LogP contribution in [0.25, 0.3) is 0 Å². The maximum atomic E-state index is 15.3. The summed E-state index contributed by atoms with van der Waals surface area (Å²) in [5.41, 5.74) is -1.54. The number of carbonyl (C=O) groups is 1. The van der Waals surface area contributed by atoms with Gasteiger partial charge in [0.15, 0.2) is 11.6 Å². The summed E-state index contributed by atoms with van der Waals surface area (Å²) in [6.07, 6.45) is -4.44. The molecule has 0 heterocycles. The highest BCUT2D eigenvalue weighted by atomic mass is 35.5. The Bertz CT molecular complexity index is 969. The van der Waals surface area contributed by atoms with Gasteiger partial charge >= 0.3 is 6.09 Å². The molecule has 0 aromatic heterocycles. The fourth-order valence-electron chi connectivity index (χ4n) is 2.77. The van der Waals surface area contributed by atoms with Crippen molar-refractivity contribution in [1.82, 2.24) is 5.32 Å².